The van der Waals surface area contributed by atoms with Crippen molar-refractivity contribution in [2.45, 2.75) is 26.8 Å². The van der Waals surface area contributed by atoms with Gasteiger partial charge in [0.2, 0.25) is 0 Å². The Bertz CT molecular complexity index is 248. The molecule has 0 spiro atoms. The highest BCUT2D eigenvalue weighted by molar-refractivity contribution is 9.11. The Morgan fingerprint density at radius 1 is 1.50 bits per heavy atom. The lowest BCUT2D eigenvalue weighted by Crippen LogP contribution is -2.14. The van der Waals surface area contributed by atoms with Crippen molar-refractivity contribution in [1.82, 2.24) is 0 Å². The molecule has 0 bridgehead atoms. The summed E-state index contributed by atoms with van der Waals surface area (Å²) in [5.74, 6) is 0.509. The molecule has 68 valence electrons. The van der Waals surface area contributed by atoms with Crippen LogP contribution in [0, 0.1) is 12.8 Å². The van der Waals surface area contributed by atoms with Crippen LogP contribution >= 0.6 is 27.3 Å². The van der Waals surface area contributed by atoms with Gasteiger partial charge < -0.3 is 5.73 Å². The van der Waals surface area contributed by atoms with E-state index >= 15 is 0 Å². The molecule has 1 nitrogen and oxygen atoms in total. The third-order valence-corrected chi connectivity index (χ3v) is 4.16. The Labute approximate surface area is 86.1 Å². The van der Waals surface area contributed by atoms with Crippen LogP contribution in [-0.2, 0) is 0 Å². The Hall–Kier alpha value is 0.140. The number of rotatable bonds is 2. The van der Waals surface area contributed by atoms with Crippen LogP contribution < -0.4 is 5.73 Å². The Kier molecular flexibility index (Phi) is 3.32. The van der Waals surface area contributed by atoms with Crippen molar-refractivity contribution in [2.75, 3.05) is 0 Å². The first-order chi connectivity index (χ1) is 5.52. The maximum absolute atomic E-state index is 6.01. The standard InChI is InChI=1S/C9H14BrNS/c1-5(2)8(11)7-4-6(3)9(10)12-7/h4-5,8H,11H2,1-3H3/t8-/m1/s1. The molecule has 1 heterocycles. The molecule has 0 saturated carbocycles. The van der Waals surface area contributed by atoms with E-state index in [1.807, 2.05) is 0 Å². The highest BCUT2D eigenvalue weighted by Crippen LogP contribution is 2.32. The van der Waals surface area contributed by atoms with Crippen molar-refractivity contribution in [2.24, 2.45) is 11.7 Å². The van der Waals surface area contributed by atoms with Crippen molar-refractivity contribution in [3.8, 4) is 0 Å². The maximum atomic E-state index is 6.01. The summed E-state index contributed by atoms with van der Waals surface area (Å²) in [5.41, 5.74) is 7.29. The lowest BCUT2D eigenvalue weighted by molar-refractivity contribution is 0.521. The van der Waals surface area contributed by atoms with E-state index in [9.17, 15) is 0 Å². The normalized spacial score (nSPS) is 13.8. The number of aryl methyl sites for hydroxylation is 1. The van der Waals surface area contributed by atoms with Gasteiger partial charge in [0.1, 0.15) is 0 Å². The van der Waals surface area contributed by atoms with Crippen molar-refractivity contribution < 1.29 is 0 Å². The van der Waals surface area contributed by atoms with Crippen LogP contribution in [0.5, 0.6) is 0 Å². The Balaban J connectivity index is 2.89. The number of nitrogens with two attached hydrogens (primary N) is 1. The van der Waals surface area contributed by atoms with Crippen LogP contribution in [0.25, 0.3) is 0 Å². The second-order valence-corrected chi connectivity index (χ2v) is 5.78. The largest absolute Gasteiger partial charge is 0.323 e. The first kappa shape index (κ1) is 10.2. The van der Waals surface area contributed by atoms with Gasteiger partial charge in [0.25, 0.3) is 0 Å². The first-order valence-corrected chi connectivity index (χ1v) is 5.64. The summed E-state index contributed by atoms with van der Waals surface area (Å²) in [7, 11) is 0. The van der Waals surface area contributed by atoms with Crippen LogP contribution in [0.3, 0.4) is 0 Å². The fraction of sp³-hybridized carbons (Fsp3) is 0.556. The van der Waals surface area contributed by atoms with Crippen LogP contribution in [0.1, 0.15) is 30.3 Å². The van der Waals surface area contributed by atoms with Gasteiger partial charge in [-0.3, -0.25) is 0 Å². The van der Waals surface area contributed by atoms with Gasteiger partial charge in [-0.1, -0.05) is 13.8 Å². The van der Waals surface area contributed by atoms with Crippen LogP contribution in [0.15, 0.2) is 9.85 Å². The second kappa shape index (κ2) is 3.90. The van der Waals surface area contributed by atoms with E-state index < -0.39 is 0 Å². The molecular weight excluding hydrogens is 234 g/mol. The van der Waals surface area contributed by atoms with Crippen molar-refractivity contribution in [1.29, 1.82) is 0 Å². The molecule has 12 heavy (non-hydrogen) atoms. The molecule has 1 rings (SSSR count). The van der Waals surface area contributed by atoms with E-state index in [0.29, 0.717) is 5.92 Å². The third-order valence-electron chi connectivity index (χ3n) is 1.92. The van der Waals surface area contributed by atoms with E-state index in [4.69, 9.17) is 5.73 Å². The summed E-state index contributed by atoms with van der Waals surface area (Å²) in [6.07, 6.45) is 0. The molecule has 0 fully saturated rings. The minimum Gasteiger partial charge on any atom is -0.323 e. The minimum absolute atomic E-state index is 0.181. The quantitative estimate of drug-likeness (QED) is 0.852. The van der Waals surface area contributed by atoms with Crippen LogP contribution in [0.2, 0.25) is 0 Å². The van der Waals surface area contributed by atoms with E-state index in [-0.39, 0.29) is 6.04 Å². The van der Waals surface area contributed by atoms with Gasteiger partial charge in [0.05, 0.1) is 3.79 Å². The van der Waals surface area contributed by atoms with Crippen LogP contribution in [-0.4, -0.2) is 0 Å². The predicted molar refractivity (Wildman–Crippen MR) is 58.5 cm³/mol. The van der Waals surface area contributed by atoms with Gasteiger partial charge in [0.15, 0.2) is 0 Å². The van der Waals surface area contributed by atoms with Gasteiger partial charge >= 0.3 is 0 Å². The number of hydrogen-bond acceptors (Lipinski definition) is 2. The zero-order chi connectivity index (χ0) is 9.30. The average molecular weight is 248 g/mol. The SMILES string of the molecule is Cc1cc([C@H](N)C(C)C)sc1Br. The molecule has 0 amide bonds. The Morgan fingerprint density at radius 2 is 2.08 bits per heavy atom. The molecule has 1 aromatic heterocycles. The zero-order valence-corrected chi connectivity index (χ0v) is 10.00. The van der Waals surface area contributed by atoms with E-state index in [2.05, 4.69) is 42.8 Å². The maximum Gasteiger partial charge on any atom is 0.0731 e. The molecule has 0 saturated heterocycles. The van der Waals surface area contributed by atoms with E-state index in [1.54, 1.807) is 11.3 Å². The van der Waals surface area contributed by atoms with Gasteiger partial charge in [-0.15, -0.1) is 11.3 Å². The highest BCUT2D eigenvalue weighted by Gasteiger charge is 2.13. The molecule has 0 aliphatic heterocycles. The molecule has 0 radical (unpaired) electrons. The summed E-state index contributed by atoms with van der Waals surface area (Å²) in [6.45, 7) is 6.39. The van der Waals surface area contributed by atoms with Crippen molar-refractivity contribution >= 4 is 27.3 Å². The van der Waals surface area contributed by atoms with Gasteiger partial charge in [-0.05, 0) is 40.4 Å². The van der Waals surface area contributed by atoms with Crippen molar-refractivity contribution in [3.63, 3.8) is 0 Å². The molecule has 1 atom stereocenters. The summed E-state index contributed by atoms with van der Waals surface area (Å²) in [4.78, 5) is 1.27. The van der Waals surface area contributed by atoms with Gasteiger partial charge in [-0.25, -0.2) is 0 Å². The molecule has 0 unspecified atom stereocenters. The molecule has 0 aromatic carbocycles. The average Bonchev–Trinajstić information content (AvgIpc) is 2.30. The first-order valence-electron chi connectivity index (χ1n) is 4.03. The predicted octanol–water partition coefficient (Wildman–Crippen LogP) is 3.47. The lowest BCUT2D eigenvalue weighted by Gasteiger charge is -2.12. The molecule has 2 N–H and O–H groups in total. The molecule has 0 aliphatic rings. The number of hydrogen-bond donors (Lipinski definition) is 1. The summed E-state index contributed by atoms with van der Waals surface area (Å²) < 4.78 is 1.20. The topological polar surface area (TPSA) is 26.0 Å². The Morgan fingerprint density at radius 3 is 2.42 bits per heavy atom. The second-order valence-electron chi connectivity index (χ2n) is 3.38. The molecular formula is C9H14BrNS. The zero-order valence-electron chi connectivity index (χ0n) is 7.60. The van der Waals surface area contributed by atoms with Crippen molar-refractivity contribution in [3.05, 3.63) is 20.3 Å². The fourth-order valence-corrected chi connectivity index (χ4v) is 2.72. The third kappa shape index (κ3) is 2.09. The number of halogens is 1. The summed E-state index contributed by atoms with van der Waals surface area (Å²) in [5, 5.41) is 0. The van der Waals surface area contributed by atoms with Gasteiger partial charge in [0, 0.05) is 10.9 Å². The number of thiophene rings is 1. The highest BCUT2D eigenvalue weighted by atomic mass is 79.9. The molecule has 1 aromatic rings. The summed E-state index contributed by atoms with van der Waals surface area (Å²) in [6, 6.07) is 2.35. The van der Waals surface area contributed by atoms with Gasteiger partial charge in [-0.2, -0.15) is 0 Å². The smallest absolute Gasteiger partial charge is 0.0731 e. The molecule has 3 heteroatoms. The summed E-state index contributed by atoms with van der Waals surface area (Å²) >= 11 is 5.24. The van der Waals surface area contributed by atoms with E-state index in [1.165, 1.54) is 14.2 Å². The molecule has 0 aliphatic carbocycles. The fourth-order valence-electron chi connectivity index (χ4n) is 0.976. The minimum atomic E-state index is 0.181. The lowest BCUT2D eigenvalue weighted by atomic mass is 10.0. The van der Waals surface area contributed by atoms with Crippen LogP contribution in [0.4, 0.5) is 0 Å². The monoisotopic (exact) mass is 247 g/mol. The van der Waals surface area contributed by atoms with E-state index in [0.717, 1.165) is 0 Å².